The first-order chi connectivity index (χ1) is 24.2. The fourth-order valence-corrected chi connectivity index (χ4v) is 9.56. The Labute approximate surface area is 291 Å². The molecule has 1 aliphatic carbocycles. The Morgan fingerprint density at radius 1 is 0.612 bits per heavy atom. The minimum absolute atomic E-state index is 0.130. The van der Waals surface area contributed by atoms with E-state index in [1.54, 1.807) is 0 Å². The molecular formula is C44H51N5. The van der Waals surface area contributed by atoms with Crippen molar-refractivity contribution < 1.29 is 0 Å². The maximum Gasteiger partial charge on any atom is 0.0511 e. The third-order valence-corrected chi connectivity index (χ3v) is 12.2. The number of rotatable bonds is 12. The lowest BCUT2D eigenvalue weighted by Crippen LogP contribution is -2.53. The van der Waals surface area contributed by atoms with Crippen LogP contribution in [0.3, 0.4) is 0 Å². The quantitative estimate of drug-likeness (QED) is 0.139. The highest BCUT2D eigenvalue weighted by molar-refractivity contribution is 5.88. The molecule has 0 spiro atoms. The number of nitrogens with one attached hydrogen (secondary N) is 2. The monoisotopic (exact) mass is 649 g/mol. The van der Waals surface area contributed by atoms with Crippen molar-refractivity contribution in [3.63, 3.8) is 0 Å². The van der Waals surface area contributed by atoms with Crippen molar-refractivity contribution in [3.05, 3.63) is 131 Å². The summed E-state index contributed by atoms with van der Waals surface area (Å²) >= 11 is 0. The molecule has 1 aliphatic heterocycles. The van der Waals surface area contributed by atoms with Crippen LogP contribution in [0.1, 0.15) is 98.4 Å². The second-order valence-corrected chi connectivity index (χ2v) is 14.9. The third-order valence-electron chi connectivity index (χ3n) is 12.2. The van der Waals surface area contributed by atoms with Crippen molar-refractivity contribution in [2.24, 2.45) is 0 Å². The molecule has 5 nitrogen and oxygen atoms in total. The van der Waals surface area contributed by atoms with Crippen LogP contribution in [0.25, 0.3) is 21.8 Å². The van der Waals surface area contributed by atoms with E-state index in [0.29, 0.717) is 5.54 Å². The molecule has 0 atom stereocenters. The minimum Gasteiger partial charge on any atom is -0.357 e. The summed E-state index contributed by atoms with van der Waals surface area (Å²) in [4.78, 5) is 19.8. The van der Waals surface area contributed by atoms with Gasteiger partial charge in [-0.3, -0.25) is 14.9 Å². The number of aromatic nitrogens is 4. The molecule has 1 saturated heterocycles. The molecule has 6 aromatic rings. The normalized spacial score (nSPS) is 17.7. The topological polar surface area (TPSA) is 60.6 Å². The molecule has 2 fully saturated rings. The van der Waals surface area contributed by atoms with Gasteiger partial charge in [0.1, 0.15) is 0 Å². The number of benzene rings is 2. The Morgan fingerprint density at radius 2 is 1.10 bits per heavy atom. The lowest BCUT2D eigenvalue weighted by Gasteiger charge is -2.51. The van der Waals surface area contributed by atoms with Crippen LogP contribution in [0.2, 0.25) is 0 Å². The average Bonchev–Trinajstić information content (AvgIpc) is 3.92. The van der Waals surface area contributed by atoms with Gasteiger partial charge >= 0.3 is 0 Å². The van der Waals surface area contributed by atoms with Crippen LogP contribution in [0.5, 0.6) is 0 Å². The summed E-state index contributed by atoms with van der Waals surface area (Å²) in [5, 5.41) is 2.76. The van der Waals surface area contributed by atoms with Crippen LogP contribution in [0.15, 0.2) is 97.6 Å². The summed E-state index contributed by atoms with van der Waals surface area (Å²) in [6, 6.07) is 26.8. The van der Waals surface area contributed by atoms with Gasteiger partial charge in [0.2, 0.25) is 0 Å². The van der Waals surface area contributed by atoms with E-state index in [0.717, 1.165) is 38.5 Å². The number of hydrogen-bond donors (Lipinski definition) is 2. The van der Waals surface area contributed by atoms with E-state index < -0.39 is 0 Å². The van der Waals surface area contributed by atoms with Crippen LogP contribution >= 0.6 is 0 Å². The lowest BCUT2D eigenvalue weighted by molar-refractivity contribution is 0.0421. The fraction of sp³-hybridized carbons (Fsp3) is 0.409. The summed E-state index contributed by atoms with van der Waals surface area (Å²) in [5.41, 5.74) is 11.3. The predicted octanol–water partition coefficient (Wildman–Crippen LogP) is 9.89. The zero-order valence-electron chi connectivity index (χ0n) is 29.2. The number of fused-ring (bicyclic) bond motifs is 2. The zero-order valence-corrected chi connectivity index (χ0v) is 29.2. The molecule has 0 unspecified atom stereocenters. The van der Waals surface area contributed by atoms with Crippen molar-refractivity contribution in [2.45, 2.75) is 101 Å². The molecule has 2 N–H and O–H groups in total. The SMILES string of the molecule is CCCCC1(N2CCCC2)CCC(c2[nH]c3ccccc3c2CCc2ccncc2)(c2[nH]c3ccccc3c2CCc2ccncc2)CC1. The van der Waals surface area contributed by atoms with Gasteiger partial charge in [-0.1, -0.05) is 56.2 Å². The highest BCUT2D eigenvalue weighted by atomic mass is 15.2. The maximum absolute atomic E-state index is 4.30. The van der Waals surface area contributed by atoms with Gasteiger partial charge in [0, 0.05) is 63.5 Å². The van der Waals surface area contributed by atoms with Crippen LogP contribution in [-0.4, -0.2) is 43.5 Å². The van der Waals surface area contributed by atoms with Gasteiger partial charge < -0.3 is 9.97 Å². The number of likely N-dealkylation sites (tertiary alicyclic amines) is 1. The van der Waals surface area contributed by atoms with Crippen molar-refractivity contribution in [1.29, 1.82) is 0 Å². The molecule has 1 saturated carbocycles. The summed E-state index contributed by atoms with van der Waals surface area (Å²) in [6.07, 6.45) is 23.1. The number of aromatic amines is 2. The van der Waals surface area contributed by atoms with Crippen LogP contribution in [0, 0.1) is 0 Å². The van der Waals surface area contributed by atoms with Gasteiger partial charge in [0.15, 0.2) is 0 Å². The first-order valence-electron chi connectivity index (χ1n) is 18.9. The largest absolute Gasteiger partial charge is 0.357 e. The second-order valence-electron chi connectivity index (χ2n) is 14.9. The molecule has 2 aliphatic rings. The van der Waals surface area contributed by atoms with Gasteiger partial charge in [0.25, 0.3) is 0 Å². The van der Waals surface area contributed by atoms with Gasteiger partial charge in [-0.2, -0.15) is 0 Å². The number of para-hydroxylation sites is 2. The molecule has 0 bridgehead atoms. The highest BCUT2D eigenvalue weighted by Gasteiger charge is 2.50. The molecule has 49 heavy (non-hydrogen) atoms. The highest BCUT2D eigenvalue weighted by Crippen LogP contribution is 2.54. The average molecular weight is 650 g/mol. The third kappa shape index (κ3) is 6.12. The standard InChI is InChI=1S/C44H51N5/c1-2-3-22-43(49-31-8-9-32-49)23-25-44(26-24-43,41-37(16-14-33-18-27-45-28-19-33)35-10-4-6-12-39(35)47-41)42-38(17-15-34-20-29-46-30-21-34)36-11-5-7-13-40(36)48-42/h4-7,10-13,18-21,27-30,47-48H,2-3,8-9,14-17,22-26,31-32H2,1H3. The molecule has 8 rings (SSSR count). The van der Waals surface area contributed by atoms with E-state index >= 15 is 0 Å². The van der Waals surface area contributed by atoms with Crippen molar-refractivity contribution in [1.82, 2.24) is 24.8 Å². The summed E-state index contributed by atoms with van der Waals surface area (Å²) < 4.78 is 0. The molecule has 2 aromatic carbocycles. The smallest absolute Gasteiger partial charge is 0.0511 e. The Bertz CT molecular complexity index is 1850. The molecule has 252 valence electrons. The second kappa shape index (κ2) is 14.0. The van der Waals surface area contributed by atoms with Crippen LogP contribution < -0.4 is 0 Å². The summed E-state index contributed by atoms with van der Waals surface area (Å²) in [7, 11) is 0. The van der Waals surface area contributed by atoms with E-state index in [9.17, 15) is 0 Å². The Balaban J connectivity index is 1.29. The van der Waals surface area contributed by atoms with Gasteiger partial charge in [-0.25, -0.2) is 0 Å². The van der Waals surface area contributed by atoms with E-state index in [2.05, 4.69) is 105 Å². The molecule has 5 heterocycles. The van der Waals surface area contributed by atoms with E-state index in [4.69, 9.17) is 0 Å². The molecule has 4 aromatic heterocycles. The minimum atomic E-state index is -0.130. The Kier molecular flexibility index (Phi) is 9.12. The molecule has 0 amide bonds. The van der Waals surface area contributed by atoms with E-state index in [1.807, 2.05) is 24.8 Å². The predicted molar refractivity (Wildman–Crippen MR) is 202 cm³/mol. The number of H-pyrrole nitrogens is 2. The van der Waals surface area contributed by atoms with Crippen LogP contribution in [-0.2, 0) is 31.1 Å². The van der Waals surface area contributed by atoms with Gasteiger partial charge in [0.05, 0.1) is 5.41 Å². The first-order valence-corrected chi connectivity index (χ1v) is 18.9. The van der Waals surface area contributed by atoms with Crippen molar-refractivity contribution in [2.75, 3.05) is 13.1 Å². The first kappa shape index (κ1) is 32.0. The maximum atomic E-state index is 4.30. The molecular weight excluding hydrogens is 599 g/mol. The van der Waals surface area contributed by atoms with E-state index in [1.165, 1.54) is 113 Å². The number of aryl methyl sites for hydroxylation is 4. The number of nitrogens with zero attached hydrogens (tertiary/aromatic N) is 3. The number of unbranched alkanes of at least 4 members (excludes halogenated alkanes) is 1. The Morgan fingerprint density at radius 3 is 1.59 bits per heavy atom. The fourth-order valence-electron chi connectivity index (χ4n) is 9.56. The molecule has 5 heteroatoms. The number of hydrogen-bond acceptors (Lipinski definition) is 3. The lowest BCUT2D eigenvalue weighted by atomic mass is 9.61. The van der Waals surface area contributed by atoms with Gasteiger partial charge in [-0.05, 0) is 142 Å². The summed E-state index contributed by atoms with van der Waals surface area (Å²) in [6.45, 7) is 4.90. The van der Waals surface area contributed by atoms with Gasteiger partial charge in [-0.15, -0.1) is 0 Å². The van der Waals surface area contributed by atoms with E-state index in [-0.39, 0.29) is 5.41 Å². The zero-order chi connectivity index (χ0) is 33.1. The van der Waals surface area contributed by atoms with Crippen molar-refractivity contribution in [3.8, 4) is 0 Å². The number of pyridine rings is 2. The summed E-state index contributed by atoms with van der Waals surface area (Å²) in [5.74, 6) is 0. The molecule has 0 radical (unpaired) electrons. The Hall–Kier alpha value is -4.22. The van der Waals surface area contributed by atoms with Crippen LogP contribution in [0.4, 0.5) is 0 Å². The van der Waals surface area contributed by atoms with Crippen molar-refractivity contribution >= 4 is 21.8 Å².